The van der Waals surface area contributed by atoms with Crippen molar-refractivity contribution in [2.75, 3.05) is 53.7 Å². The molecule has 0 spiro atoms. The maximum atomic E-state index is 9.46. The SMILES string of the molecule is COCCOCC(O)CN(C)CCO. The third kappa shape index (κ3) is 8.40. The molecule has 14 heavy (non-hydrogen) atoms. The molecule has 0 heterocycles. The number of methoxy groups -OCH3 is 1. The lowest BCUT2D eigenvalue weighted by atomic mass is 10.3. The first kappa shape index (κ1) is 13.8. The summed E-state index contributed by atoms with van der Waals surface area (Å²) in [7, 11) is 3.45. The predicted octanol–water partition coefficient (Wildman–Crippen LogP) is -1.07. The molecule has 0 bridgehead atoms. The van der Waals surface area contributed by atoms with Crippen molar-refractivity contribution in [3.05, 3.63) is 0 Å². The molecule has 5 nitrogen and oxygen atoms in total. The van der Waals surface area contributed by atoms with Crippen LogP contribution in [0.1, 0.15) is 0 Å². The van der Waals surface area contributed by atoms with E-state index in [4.69, 9.17) is 14.6 Å². The van der Waals surface area contributed by atoms with Gasteiger partial charge in [0.1, 0.15) is 0 Å². The highest BCUT2D eigenvalue weighted by molar-refractivity contribution is 4.59. The van der Waals surface area contributed by atoms with Crippen LogP contribution in [0.4, 0.5) is 0 Å². The number of nitrogens with zero attached hydrogens (tertiary/aromatic N) is 1. The molecule has 2 N–H and O–H groups in total. The van der Waals surface area contributed by atoms with E-state index in [0.717, 1.165) is 0 Å². The summed E-state index contributed by atoms with van der Waals surface area (Å²) >= 11 is 0. The fraction of sp³-hybridized carbons (Fsp3) is 1.00. The summed E-state index contributed by atoms with van der Waals surface area (Å²) < 4.78 is 9.94. The van der Waals surface area contributed by atoms with Crippen LogP contribution in [0.15, 0.2) is 0 Å². The number of aliphatic hydroxyl groups is 2. The van der Waals surface area contributed by atoms with Gasteiger partial charge in [0.2, 0.25) is 0 Å². The van der Waals surface area contributed by atoms with Gasteiger partial charge in [-0.05, 0) is 7.05 Å². The molecule has 0 fully saturated rings. The van der Waals surface area contributed by atoms with Crippen molar-refractivity contribution in [2.45, 2.75) is 6.10 Å². The molecular formula is C9H21NO4. The van der Waals surface area contributed by atoms with Crippen molar-refractivity contribution in [3.63, 3.8) is 0 Å². The standard InChI is InChI=1S/C9H21NO4/c1-10(3-4-11)7-9(12)8-14-6-5-13-2/h9,11-12H,3-8H2,1-2H3. The maximum absolute atomic E-state index is 9.46. The van der Waals surface area contributed by atoms with Gasteiger partial charge in [0.25, 0.3) is 0 Å². The Morgan fingerprint density at radius 3 is 2.64 bits per heavy atom. The number of aliphatic hydroxyl groups excluding tert-OH is 2. The van der Waals surface area contributed by atoms with E-state index in [1.165, 1.54) is 0 Å². The van der Waals surface area contributed by atoms with E-state index in [1.807, 2.05) is 11.9 Å². The molecular weight excluding hydrogens is 186 g/mol. The minimum Gasteiger partial charge on any atom is -0.395 e. The Morgan fingerprint density at radius 1 is 1.36 bits per heavy atom. The fourth-order valence-electron chi connectivity index (χ4n) is 1.04. The summed E-state index contributed by atoms with van der Waals surface area (Å²) in [5.41, 5.74) is 0. The highest BCUT2D eigenvalue weighted by Gasteiger charge is 2.07. The molecule has 0 radical (unpaired) electrons. The molecule has 0 saturated heterocycles. The Hall–Kier alpha value is -0.200. The third-order valence-electron chi connectivity index (χ3n) is 1.75. The smallest absolute Gasteiger partial charge is 0.0900 e. The summed E-state index contributed by atoms with van der Waals surface area (Å²) in [6.45, 7) is 2.52. The molecule has 1 unspecified atom stereocenters. The van der Waals surface area contributed by atoms with E-state index in [0.29, 0.717) is 32.9 Å². The number of hydrogen-bond donors (Lipinski definition) is 2. The van der Waals surface area contributed by atoms with E-state index in [9.17, 15) is 5.11 Å². The van der Waals surface area contributed by atoms with Gasteiger partial charge in [-0.1, -0.05) is 0 Å². The van der Waals surface area contributed by atoms with Crippen LogP contribution in [-0.4, -0.2) is 74.9 Å². The van der Waals surface area contributed by atoms with Crippen LogP contribution in [0, 0.1) is 0 Å². The van der Waals surface area contributed by atoms with Crippen LogP contribution in [0.25, 0.3) is 0 Å². The molecule has 0 aliphatic heterocycles. The Bertz CT molecular complexity index is 123. The van der Waals surface area contributed by atoms with Gasteiger partial charge in [-0.3, -0.25) is 0 Å². The molecule has 0 aromatic carbocycles. The highest BCUT2D eigenvalue weighted by atomic mass is 16.5. The van der Waals surface area contributed by atoms with Crippen LogP contribution in [-0.2, 0) is 9.47 Å². The number of rotatable bonds is 9. The average Bonchev–Trinajstić information content (AvgIpc) is 2.13. The van der Waals surface area contributed by atoms with Crippen molar-refractivity contribution in [2.24, 2.45) is 0 Å². The van der Waals surface area contributed by atoms with E-state index in [-0.39, 0.29) is 6.61 Å². The van der Waals surface area contributed by atoms with Crippen LogP contribution < -0.4 is 0 Å². The van der Waals surface area contributed by atoms with Gasteiger partial charge in [-0.2, -0.15) is 0 Å². The molecule has 86 valence electrons. The Balaban J connectivity index is 3.30. The Morgan fingerprint density at radius 2 is 2.07 bits per heavy atom. The van der Waals surface area contributed by atoms with E-state index < -0.39 is 6.10 Å². The van der Waals surface area contributed by atoms with Crippen molar-refractivity contribution in [3.8, 4) is 0 Å². The summed E-state index contributed by atoms with van der Waals surface area (Å²) in [6.07, 6.45) is -0.511. The van der Waals surface area contributed by atoms with Gasteiger partial charge in [-0.15, -0.1) is 0 Å². The lowest BCUT2D eigenvalue weighted by molar-refractivity contribution is 0.00112. The van der Waals surface area contributed by atoms with E-state index in [2.05, 4.69) is 0 Å². The maximum Gasteiger partial charge on any atom is 0.0900 e. The van der Waals surface area contributed by atoms with Crippen LogP contribution >= 0.6 is 0 Å². The fourth-order valence-corrected chi connectivity index (χ4v) is 1.04. The molecule has 1 atom stereocenters. The first-order valence-corrected chi connectivity index (χ1v) is 4.74. The largest absolute Gasteiger partial charge is 0.395 e. The normalized spacial score (nSPS) is 13.5. The van der Waals surface area contributed by atoms with Gasteiger partial charge in [0, 0.05) is 20.2 Å². The third-order valence-corrected chi connectivity index (χ3v) is 1.75. The van der Waals surface area contributed by atoms with Crippen molar-refractivity contribution in [1.29, 1.82) is 0 Å². The molecule has 0 saturated carbocycles. The molecule has 0 aromatic rings. The van der Waals surface area contributed by atoms with Crippen LogP contribution in [0.5, 0.6) is 0 Å². The monoisotopic (exact) mass is 207 g/mol. The minimum atomic E-state index is -0.511. The minimum absolute atomic E-state index is 0.105. The molecule has 0 aromatic heterocycles. The van der Waals surface area contributed by atoms with Gasteiger partial charge in [0.15, 0.2) is 0 Å². The van der Waals surface area contributed by atoms with Gasteiger partial charge in [-0.25, -0.2) is 0 Å². The van der Waals surface area contributed by atoms with E-state index in [1.54, 1.807) is 7.11 Å². The summed E-state index contributed by atoms with van der Waals surface area (Å²) in [4.78, 5) is 1.85. The van der Waals surface area contributed by atoms with Gasteiger partial charge < -0.3 is 24.6 Å². The second-order valence-electron chi connectivity index (χ2n) is 3.21. The van der Waals surface area contributed by atoms with Crippen LogP contribution in [0.2, 0.25) is 0 Å². The number of likely N-dealkylation sites (N-methyl/N-ethyl adjacent to an activating group) is 1. The zero-order valence-corrected chi connectivity index (χ0v) is 8.98. The second kappa shape index (κ2) is 9.36. The first-order valence-electron chi connectivity index (χ1n) is 4.74. The van der Waals surface area contributed by atoms with Gasteiger partial charge in [0.05, 0.1) is 32.5 Å². The topological polar surface area (TPSA) is 62.2 Å². The summed E-state index contributed by atoms with van der Waals surface area (Å²) in [5.74, 6) is 0. The number of hydrogen-bond acceptors (Lipinski definition) is 5. The van der Waals surface area contributed by atoms with Crippen molar-refractivity contribution >= 4 is 0 Å². The quantitative estimate of drug-likeness (QED) is 0.472. The Labute approximate surface area is 85.2 Å². The summed E-state index contributed by atoms with van der Waals surface area (Å²) in [6, 6.07) is 0. The zero-order chi connectivity index (χ0) is 10.8. The molecule has 0 amide bonds. The highest BCUT2D eigenvalue weighted by Crippen LogP contribution is 1.90. The molecule has 5 heteroatoms. The number of ether oxygens (including phenoxy) is 2. The lowest BCUT2D eigenvalue weighted by Crippen LogP contribution is -2.34. The first-order chi connectivity index (χ1) is 6.70. The zero-order valence-electron chi connectivity index (χ0n) is 8.98. The molecule has 0 aliphatic rings. The summed E-state index contributed by atoms with van der Waals surface area (Å²) in [5, 5.41) is 18.1. The van der Waals surface area contributed by atoms with Crippen LogP contribution in [0.3, 0.4) is 0 Å². The molecule has 0 aliphatic carbocycles. The van der Waals surface area contributed by atoms with E-state index >= 15 is 0 Å². The van der Waals surface area contributed by atoms with Crippen molar-refractivity contribution in [1.82, 2.24) is 4.90 Å². The van der Waals surface area contributed by atoms with Gasteiger partial charge >= 0.3 is 0 Å². The molecule has 0 rings (SSSR count). The average molecular weight is 207 g/mol. The Kier molecular flexibility index (Phi) is 9.23. The second-order valence-corrected chi connectivity index (χ2v) is 3.21. The predicted molar refractivity (Wildman–Crippen MR) is 53.3 cm³/mol. The van der Waals surface area contributed by atoms with Crippen molar-refractivity contribution < 1.29 is 19.7 Å². The lowest BCUT2D eigenvalue weighted by Gasteiger charge is -2.19.